The standard InChI is InChI=1S/C18H24N2O4S2/c1-15-8-7-11-18(14-15)26(23,24)19-12-13-20(25(3,21)22)16(2)17-9-5-4-6-10-17/h4-11,14,16,19H,12-13H2,1-3H3. The summed E-state index contributed by atoms with van der Waals surface area (Å²) in [6.07, 6.45) is 1.13. The van der Waals surface area contributed by atoms with Gasteiger partial charge in [0.25, 0.3) is 0 Å². The predicted molar refractivity (Wildman–Crippen MR) is 103 cm³/mol. The Hall–Kier alpha value is -1.74. The maximum atomic E-state index is 12.4. The smallest absolute Gasteiger partial charge is 0.212 e. The first-order valence-corrected chi connectivity index (χ1v) is 11.5. The van der Waals surface area contributed by atoms with Gasteiger partial charge in [-0.15, -0.1) is 0 Å². The fourth-order valence-electron chi connectivity index (χ4n) is 2.70. The predicted octanol–water partition coefficient (Wildman–Crippen LogP) is 2.30. The highest BCUT2D eigenvalue weighted by Crippen LogP contribution is 2.22. The molecule has 0 aliphatic heterocycles. The fraction of sp³-hybridized carbons (Fsp3) is 0.333. The molecule has 0 radical (unpaired) electrons. The molecule has 1 unspecified atom stereocenters. The third kappa shape index (κ3) is 5.38. The minimum absolute atomic E-state index is 0.0134. The van der Waals surface area contributed by atoms with Gasteiger partial charge in [0.05, 0.1) is 11.2 Å². The zero-order valence-electron chi connectivity index (χ0n) is 15.1. The Morgan fingerprint density at radius 2 is 1.65 bits per heavy atom. The molecule has 142 valence electrons. The number of hydrogen-bond donors (Lipinski definition) is 1. The number of rotatable bonds is 8. The Bertz CT molecular complexity index is 942. The molecule has 0 heterocycles. The van der Waals surface area contributed by atoms with Gasteiger partial charge in [0.1, 0.15) is 0 Å². The van der Waals surface area contributed by atoms with Gasteiger partial charge < -0.3 is 0 Å². The van der Waals surface area contributed by atoms with Crippen molar-refractivity contribution in [3.63, 3.8) is 0 Å². The molecular formula is C18H24N2O4S2. The van der Waals surface area contributed by atoms with E-state index in [4.69, 9.17) is 0 Å². The van der Waals surface area contributed by atoms with E-state index in [-0.39, 0.29) is 18.0 Å². The third-order valence-corrected chi connectivity index (χ3v) is 6.87. The molecule has 2 aromatic rings. The van der Waals surface area contributed by atoms with Gasteiger partial charge in [-0.25, -0.2) is 21.6 Å². The van der Waals surface area contributed by atoms with E-state index in [2.05, 4.69) is 4.72 Å². The van der Waals surface area contributed by atoms with E-state index in [1.807, 2.05) is 43.3 Å². The average molecular weight is 397 g/mol. The lowest BCUT2D eigenvalue weighted by Gasteiger charge is -2.27. The van der Waals surface area contributed by atoms with Crippen molar-refractivity contribution in [3.05, 3.63) is 65.7 Å². The minimum atomic E-state index is -3.69. The summed E-state index contributed by atoms with van der Waals surface area (Å²) in [5, 5.41) is 0. The molecule has 0 saturated heterocycles. The van der Waals surface area contributed by atoms with Crippen molar-refractivity contribution < 1.29 is 16.8 Å². The highest BCUT2D eigenvalue weighted by atomic mass is 32.2. The molecule has 0 saturated carbocycles. The summed E-state index contributed by atoms with van der Waals surface area (Å²) in [6.45, 7) is 3.62. The van der Waals surface area contributed by atoms with Crippen molar-refractivity contribution >= 4 is 20.0 Å². The van der Waals surface area contributed by atoms with Gasteiger partial charge in [-0.05, 0) is 37.1 Å². The molecule has 0 bridgehead atoms. The highest BCUT2D eigenvalue weighted by Gasteiger charge is 2.25. The van der Waals surface area contributed by atoms with Crippen LogP contribution in [0.15, 0.2) is 59.5 Å². The SMILES string of the molecule is Cc1cccc(S(=O)(=O)NCCN(C(C)c2ccccc2)S(C)(=O)=O)c1. The number of nitrogens with one attached hydrogen (secondary N) is 1. The highest BCUT2D eigenvalue weighted by molar-refractivity contribution is 7.89. The van der Waals surface area contributed by atoms with Crippen LogP contribution >= 0.6 is 0 Å². The Balaban J connectivity index is 2.11. The summed E-state index contributed by atoms with van der Waals surface area (Å²) >= 11 is 0. The van der Waals surface area contributed by atoms with Crippen molar-refractivity contribution in [1.82, 2.24) is 9.03 Å². The second kappa shape index (κ2) is 8.30. The zero-order chi connectivity index (χ0) is 19.4. The zero-order valence-corrected chi connectivity index (χ0v) is 16.7. The summed E-state index contributed by atoms with van der Waals surface area (Å²) in [5.74, 6) is 0. The van der Waals surface area contributed by atoms with Gasteiger partial charge in [-0.2, -0.15) is 4.31 Å². The fourth-order valence-corrected chi connectivity index (χ4v) is 4.95. The van der Waals surface area contributed by atoms with Crippen LogP contribution in [0.3, 0.4) is 0 Å². The summed E-state index contributed by atoms with van der Waals surface area (Å²) in [6, 6.07) is 15.4. The van der Waals surface area contributed by atoms with E-state index in [0.717, 1.165) is 17.4 Å². The number of sulfonamides is 2. The Kier molecular flexibility index (Phi) is 6.57. The number of nitrogens with zero attached hydrogens (tertiary/aromatic N) is 1. The molecule has 2 rings (SSSR count). The number of hydrogen-bond acceptors (Lipinski definition) is 4. The second-order valence-corrected chi connectivity index (χ2v) is 9.88. The van der Waals surface area contributed by atoms with E-state index < -0.39 is 26.1 Å². The van der Waals surface area contributed by atoms with E-state index in [1.54, 1.807) is 19.1 Å². The van der Waals surface area contributed by atoms with Crippen molar-refractivity contribution in [2.24, 2.45) is 0 Å². The molecule has 1 N–H and O–H groups in total. The Morgan fingerprint density at radius 3 is 2.23 bits per heavy atom. The average Bonchev–Trinajstić information content (AvgIpc) is 2.58. The first-order valence-electron chi connectivity index (χ1n) is 8.19. The van der Waals surface area contributed by atoms with Crippen LogP contribution in [0, 0.1) is 6.92 Å². The molecule has 0 aliphatic carbocycles. The monoisotopic (exact) mass is 396 g/mol. The maximum absolute atomic E-state index is 12.4. The van der Waals surface area contributed by atoms with Crippen LogP contribution in [0.1, 0.15) is 24.1 Å². The molecule has 0 spiro atoms. The van der Waals surface area contributed by atoms with Gasteiger partial charge in [-0.3, -0.25) is 0 Å². The molecular weight excluding hydrogens is 372 g/mol. The van der Waals surface area contributed by atoms with E-state index in [9.17, 15) is 16.8 Å². The molecule has 0 amide bonds. The quantitative estimate of drug-likeness (QED) is 0.742. The van der Waals surface area contributed by atoms with Crippen molar-refractivity contribution in [1.29, 1.82) is 0 Å². The van der Waals surface area contributed by atoms with Gasteiger partial charge in [0.2, 0.25) is 20.0 Å². The van der Waals surface area contributed by atoms with Crippen molar-refractivity contribution in [2.45, 2.75) is 24.8 Å². The van der Waals surface area contributed by atoms with Gasteiger partial charge in [0, 0.05) is 19.1 Å². The van der Waals surface area contributed by atoms with Crippen LogP contribution in [0.2, 0.25) is 0 Å². The maximum Gasteiger partial charge on any atom is 0.240 e. The van der Waals surface area contributed by atoms with Gasteiger partial charge in [0.15, 0.2) is 0 Å². The topological polar surface area (TPSA) is 83.6 Å². The minimum Gasteiger partial charge on any atom is -0.212 e. The van der Waals surface area contributed by atoms with Crippen LogP contribution in [0.5, 0.6) is 0 Å². The normalized spacial score (nSPS) is 13.7. The first-order chi connectivity index (χ1) is 12.1. The van der Waals surface area contributed by atoms with Crippen LogP contribution in [0.4, 0.5) is 0 Å². The molecule has 8 heteroatoms. The van der Waals surface area contributed by atoms with E-state index in [1.165, 1.54) is 10.4 Å². The Labute approximate surface area is 156 Å². The van der Waals surface area contributed by atoms with Crippen LogP contribution in [-0.4, -0.2) is 40.5 Å². The Morgan fingerprint density at radius 1 is 1.00 bits per heavy atom. The molecule has 1 atom stereocenters. The molecule has 0 fully saturated rings. The molecule has 0 aliphatic rings. The van der Waals surface area contributed by atoms with Crippen molar-refractivity contribution in [3.8, 4) is 0 Å². The van der Waals surface area contributed by atoms with Crippen LogP contribution in [-0.2, 0) is 20.0 Å². The molecule has 26 heavy (non-hydrogen) atoms. The van der Waals surface area contributed by atoms with Crippen LogP contribution < -0.4 is 4.72 Å². The lowest BCUT2D eigenvalue weighted by Crippen LogP contribution is -2.39. The number of benzene rings is 2. The van der Waals surface area contributed by atoms with Crippen LogP contribution in [0.25, 0.3) is 0 Å². The lowest BCUT2D eigenvalue weighted by atomic mass is 10.1. The van der Waals surface area contributed by atoms with Gasteiger partial charge >= 0.3 is 0 Å². The molecule has 6 nitrogen and oxygen atoms in total. The summed E-state index contributed by atoms with van der Waals surface area (Å²) < 4.78 is 52.9. The van der Waals surface area contributed by atoms with Crippen molar-refractivity contribution in [2.75, 3.05) is 19.3 Å². The number of aryl methyl sites for hydroxylation is 1. The van der Waals surface area contributed by atoms with E-state index in [0.29, 0.717) is 0 Å². The first kappa shape index (κ1) is 20.6. The molecule has 0 aromatic heterocycles. The lowest BCUT2D eigenvalue weighted by molar-refractivity contribution is 0.348. The van der Waals surface area contributed by atoms with Gasteiger partial charge in [-0.1, -0.05) is 42.5 Å². The summed E-state index contributed by atoms with van der Waals surface area (Å²) in [4.78, 5) is 0.166. The summed E-state index contributed by atoms with van der Waals surface area (Å²) in [7, 11) is -7.19. The second-order valence-electron chi connectivity index (χ2n) is 6.17. The third-order valence-electron chi connectivity index (χ3n) is 4.06. The largest absolute Gasteiger partial charge is 0.240 e. The van der Waals surface area contributed by atoms with E-state index >= 15 is 0 Å². The molecule has 2 aromatic carbocycles. The summed E-state index contributed by atoms with van der Waals surface area (Å²) in [5.41, 5.74) is 1.68.